The number of likely N-dealkylation sites (N-methyl/N-ethyl adjacent to an activating group) is 1. The number of carbonyl (C=O) groups excluding carboxylic acids is 1. The molecule has 0 aromatic rings. The summed E-state index contributed by atoms with van der Waals surface area (Å²) < 4.78 is 0. The fourth-order valence-corrected chi connectivity index (χ4v) is 2.43. The zero-order valence-corrected chi connectivity index (χ0v) is 12.1. The summed E-state index contributed by atoms with van der Waals surface area (Å²) >= 11 is 0. The van der Waals surface area contributed by atoms with Gasteiger partial charge in [0.25, 0.3) is 0 Å². The molecule has 2 N–H and O–H groups in total. The third-order valence-electron chi connectivity index (χ3n) is 3.76. The maximum atomic E-state index is 12.4. The zero-order chi connectivity index (χ0) is 13.4. The van der Waals surface area contributed by atoms with Crippen molar-refractivity contribution in [1.82, 2.24) is 9.80 Å². The number of nitrogens with two attached hydrogens (primary N) is 1. The Bertz CT molecular complexity index is 294. The summed E-state index contributed by atoms with van der Waals surface area (Å²) in [7, 11) is 1.89. The molecule has 1 saturated heterocycles. The third kappa shape index (κ3) is 2.80. The van der Waals surface area contributed by atoms with E-state index in [0.717, 1.165) is 13.0 Å². The second-order valence-electron chi connectivity index (χ2n) is 6.60. The van der Waals surface area contributed by atoms with Crippen molar-refractivity contribution < 1.29 is 4.79 Å². The monoisotopic (exact) mass is 241 g/mol. The molecule has 1 heterocycles. The molecule has 0 aromatic heterocycles. The maximum absolute atomic E-state index is 12.4. The minimum absolute atomic E-state index is 0.00593. The molecule has 1 aliphatic heterocycles. The van der Waals surface area contributed by atoms with Crippen LogP contribution in [0.25, 0.3) is 0 Å². The van der Waals surface area contributed by atoms with Gasteiger partial charge in [0.05, 0.1) is 6.04 Å². The first kappa shape index (κ1) is 14.5. The van der Waals surface area contributed by atoms with E-state index in [1.165, 1.54) is 0 Å². The van der Waals surface area contributed by atoms with Crippen LogP contribution in [0.15, 0.2) is 0 Å². The lowest BCUT2D eigenvalue weighted by molar-refractivity contribution is -0.154. The Kier molecular flexibility index (Phi) is 3.89. The Morgan fingerprint density at radius 2 is 1.94 bits per heavy atom. The molecule has 4 nitrogen and oxygen atoms in total. The average molecular weight is 241 g/mol. The lowest BCUT2D eigenvalue weighted by atomic mass is 9.89. The summed E-state index contributed by atoms with van der Waals surface area (Å²) in [4.78, 5) is 16.6. The smallest absolute Gasteiger partial charge is 0.240 e. The second-order valence-corrected chi connectivity index (χ2v) is 6.60. The first-order valence-corrected chi connectivity index (χ1v) is 6.36. The molecule has 17 heavy (non-hydrogen) atoms. The van der Waals surface area contributed by atoms with Gasteiger partial charge in [-0.25, -0.2) is 0 Å². The number of nitrogens with zero attached hydrogens (tertiary/aromatic N) is 2. The van der Waals surface area contributed by atoms with Crippen LogP contribution in [0.4, 0.5) is 0 Å². The van der Waals surface area contributed by atoms with Crippen molar-refractivity contribution in [2.45, 2.75) is 58.2 Å². The maximum Gasteiger partial charge on any atom is 0.240 e. The predicted octanol–water partition coefficient (Wildman–Crippen LogP) is 1.05. The van der Waals surface area contributed by atoms with Gasteiger partial charge in [-0.15, -0.1) is 0 Å². The highest BCUT2D eigenvalue weighted by Crippen LogP contribution is 2.30. The van der Waals surface area contributed by atoms with Crippen LogP contribution in [0.5, 0.6) is 0 Å². The molecule has 0 radical (unpaired) electrons. The first-order valence-electron chi connectivity index (χ1n) is 6.36. The van der Waals surface area contributed by atoms with Crippen molar-refractivity contribution in [2.24, 2.45) is 5.73 Å². The van der Waals surface area contributed by atoms with E-state index in [1.807, 2.05) is 11.9 Å². The van der Waals surface area contributed by atoms with Crippen LogP contribution in [0.3, 0.4) is 0 Å². The molecule has 0 aromatic carbocycles. The largest absolute Gasteiger partial charge is 0.338 e. The van der Waals surface area contributed by atoms with E-state index < -0.39 is 0 Å². The summed E-state index contributed by atoms with van der Waals surface area (Å²) in [5.41, 5.74) is 5.52. The Labute approximate surface area is 105 Å². The van der Waals surface area contributed by atoms with Gasteiger partial charge in [-0.05, 0) is 47.6 Å². The molecule has 0 spiro atoms. The molecular formula is C13H27N3O. The molecule has 1 atom stereocenters. The van der Waals surface area contributed by atoms with Crippen LogP contribution in [-0.4, -0.2) is 53.0 Å². The number of rotatable bonds is 2. The lowest BCUT2D eigenvalue weighted by Gasteiger charge is -2.53. The van der Waals surface area contributed by atoms with Crippen molar-refractivity contribution in [2.75, 3.05) is 20.1 Å². The van der Waals surface area contributed by atoms with Crippen molar-refractivity contribution in [3.05, 3.63) is 0 Å². The van der Waals surface area contributed by atoms with Gasteiger partial charge in [0.2, 0.25) is 5.91 Å². The van der Waals surface area contributed by atoms with Crippen molar-refractivity contribution >= 4 is 5.91 Å². The summed E-state index contributed by atoms with van der Waals surface area (Å²) in [5, 5.41) is 0. The third-order valence-corrected chi connectivity index (χ3v) is 3.76. The molecule has 1 fully saturated rings. The minimum atomic E-state index is -0.116. The highest BCUT2D eigenvalue weighted by Gasteiger charge is 2.45. The van der Waals surface area contributed by atoms with Gasteiger partial charge in [0, 0.05) is 24.7 Å². The van der Waals surface area contributed by atoms with Gasteiger partial charge < -0.3 is 10.6 Å². The summed E-state index contributed by atoms with van der Waals surface area (Å²) in [6.07, 6.45) is 0.733. The first-order chi connectivity index (χ1) is 7.61. The predicted molar refractivity (Wildman–Crippen MR) is 70.8 cm³/mol. The standard InChI is InChI=1S/C13H27N3O/c1-12(2,3)16-9-13(4,5)15(6)11(17)10(16)7-8-14/h10H,7-9,14H2,1-6H3. The van der Waals surface area contributed by atoms with Gasteiger partial charge in [0.15, 0.2) is 0 Å². The molecule has 4 heteroatoms. The number of amides is 1. The van der Waals surface area contributed by atoms with Crippen molar-refractivity contribution in [3.8, 4) is 0 Å². The molecule has 0 aliphatic carbocycles. The van der Waals surface area contributed by atoms with Gasteiger partial charge in [-0.2, -0.15) is 0 Å². The van der Waals surface area contributed by atoms with Gasteiger partial charge in [-0.1, -0.05) is 0 Å². The minimum Gasteiger partial charge on any atom is -0.338 e. The Balaban J connectivity index is 3.04. The number of piperazine rings is 1. The van der Waals surface area contributed by atoms with Crippen molar-refractivity contribution in [3.63, 3.8) is 0 Å². The van der Waals surface area contributed by atoms with Crippen LogP contribution >= 0.6 is 0 Å². The normalized spacial score (nSPS) is 26.4. The van der Waals surface area contributed by atoms with Crippen LogP contribution in [0.1, 0.15) is 41.0 Å². The molecule has 100 valence electrons. The van der Waals surface area contributed by atoms with Crippen LogP contribution in [0.2, 0.25) is 0 Å². The molecule has 1 unspecified atom stereocenters. The number of carbonyl (C=O) groups is 1. The summed E-state index contributed by atoms with van der Waals surface area (Å²) in [5.74, 6) is 0.196. The van der Waals surface area contributed by atoms with E-state index in [0.29, 0.717) is 6.54 Å². The fourth-order valence-electron chi connectivity index (χ4n) is 2.43. The highest BCUT2D eigenvalue weighted by atomic mass is 16.2. The Hall–Kier alpha value is -0.610. The summed E-state index contributed by atoms with van der Waals surface area (Å²) in [6.45, 7) is 12.1. The SMILES string of the molecule is CN1C(=O)C(CCN)N(C(C)(C)C)CC1(C)C. The quantitative estimate of drug-likeness (QED) is 0.786. The van der Waals surface area contributed by atoms with Crippen LogP contribution in [-0.2, 0) is 4.79 Å². The van der Waals surface area contributed by atoms with Gasteiger partial charge >= 0.3 is 0 Å². The molecule has 1 amide bonds. The molecular weight excluding hydrogens is 214 g/mol. The fraction of sp³-hybridized carbons (Fsp3) is 0.923. The highest BCUT2D eigenvalue weighted by molar-refractivity contribution is 5.83. The molecule has 1 aliphatic rings. The van der Waals surface area contributed by atoms with Gasteiger partial charge in [-0.3, -0.25) is 9.69 Å². The molecule has 1 rings (SSSR count). The van der Waals surface area contributed by atoms with E-state index in [1.54, 1.807) is 0 Å². The van der Waals surface area contributed by atoms with Crippen LogP contribution < -0.4 is 5.73 Å². The average Bonchev–Trinajstić information content (AvgIpc) is 2.17. The summed E-state index contributed by atoms with van der Waals surface area (Å²) in [6, 6.07) is -0.0713. The molecule has 0 saturated carbocycles. The van der Waals surface area contributed by atoms with Gasteiger partial charge in [0.1, 0.15) is 0 Å². The van der Waals surface area contributed by atoms with Crippen LogP contribution in [0, 0.1) is 0 Å². The topological polar surface area (TPSA) is 49.6 Å². The second kappa shape index (κ2) is 4.58. The Morgan fingerprint density at radius 1 is 1.41 bits per heavy atom. The van der Waals surface area contributed by atoms with E-state index in [9.17, 15) is 4.79 Å². The Morgan fingerprint density at radius 3 is 2.35 bits per heavy atom. The van der Waals surface area contributed by atoms with Crippen molar-refractivity contribution in [1.29, 1.82) is 0 Å². The van der Waals surface area contributed by atoms with E-state index >= 15 is 0 Å². The van der Waals surface area contributed by atoms with E-state index in [-0.39, 0.29) is 23.0 Å². The lowest BCUT2D eigenvalue weighted by Crippen LogP contribution is -2.68. The van der Waals surface area contributed by atoms with E-state index in [2.05, 4.69) is 39.5 Å². The zero-order valence-electron chi connectivity index (χ0n) is 12.1. The number of hydrogen-bond donors (Lipinski definition) is 1. The van der Waals surface area contributed by atoms with E-state index in [4.69, 9.17) is 5.73 Å². The number of hydrogen-bond acceptors (Lipinski definition) is 3. The molecule has 0 bridgehead atoms.